The van der Waals surface area contributed by atoms with Gasteiger partial charge in [-0.15, -0.1) is 0 Å². The molecule has 2 unspecified atom stereocenters. The molecule has 0 aliphatic carbocycles. The molecule has 0 bridgehead atoms. The lowest BCUT2D eigenvalue weighted by Crippen LogP contribution is -2.17. The van der Waals surface area contributed by atoms with E-state index >= 15 is 0 Å². The van der Waals surface area contributed by atoms with E-state index in [2.05, 4.69) is 5.32 Å². The molecule has 15 heavy (non-hydrogen) atoms. The van der Waals surface area contributed by atoms with Crippen LogP contribution in [0.5, 0.6) is 0 Å². The highest BCUT2D eigenvalue weighted by Gasteiger charge is 2.25. The van der Waals surface area contributed by atoms with E-state index in [0.717, 1.165) is 19.5 Å². The van der Waals surface area contributed by atoms with E-state index in [1.165, 1.54) is 12.1 Å². The van der Waals surface area contributed by atoms with E-state index in [-0.39, 0.29) is 11.7 Å². The third-order valence-corrected chi connectivity index (χ3v) is 2.91. The van der Waals surface area contributed by atoms with Gasteiger partial charge in [-0.2, -0.15) is 0 Å². The van der Waals surface area contributed by atoms with Gasteiger partial charge < -0.3 is 16.2 Å². The van der Waals surface area contributed by atoms with Crippen LogP contribution in [0.2, 0.25) is 0 Å². The summed E-state index contributed by atoms with van der Waals surface area (Å²) >= 11 is 0. The average Bonchev–Trinajstić information content (AvgIpc) is 2.69. The summed E-state index contributed by atoms with van der Waals surface area (Å²) in [4.78, 5) is 0. The van der Waals surface area contributed by atoms with Crippen LogP contribution >= 0.6 is 0 Å². The lowest BCUT2D eigenvalue weighted by molar-refractivity contribution is 0.119. The Morgan fingerprint density at radius 3 is 2.93 bits per heavy atom. The number of benzene rings is 1. The predicted molar refractivity (Wildman–Crippen MR) is 56.7 cm³/mol. The fourth-order valence-electron chi connectivity index (χ4n) is 2.02. The van der Waals surface area contributed by atoms with E-state index in [4.69, 9.17) is 5.73 Å². The van der Waals surface area contributed by atoms with E-state index in [1.807, 2.05) is 0 Å². The van der Waals surface area contributed by atoms with Gasteiger partial charge in [0.25, 0.3) is 0 Å². The highest BCUT2D eigenvalue weighted by atomic mass is 19.1. The minimum absolute atomic E-state index is 0.178. The third kappa shape index (κ3) is 2.11. The van der Waals surface area contributed by atoms with Crippen molar-refractivity contribution in [1.82, 2.24) is 5.32 Å². The number of aliphatic hydroxyl groups excluding tert-OH is 1. The van der Waals surface area contributed by atoms with Crippen LogP contribution in [0.15, 0.2) is 18.2 Å². The van der Waals surface area contributed by atoms with Gasteiger partial charge in [-0.25, -0.2) is 4.39 Å². The fourth-order valence-corrected chi connectivity index (χ4v) is 2.02. The molecule has 0 amide bonds. The maximum Gasteiger partial charge on any atom is 0.125 e. The second kappa shape index (κ2) is 4.16. The molecule has 3 nitrogen and oxygen atoms in total. The molecule has 82 valence electrons. The van der Waals surface area contributed by atoms with Crippen LogP contribution in [-0.2, 0) is 0 Å². The van der Waals surface area contributed by atoms with Crippen molar-refractivity contribution < 1.29 is 9.50 Å². The van der Waals surface area contributed by atoms with Crippen LogP contribution < -0.4 is 11.1 Å². The van der Waals surface area contributed by atoms with Crippen molar-refractivity contribution in [3.05, 3.63) is 29.6 Å². The Kier molecular flexibility index (Phi) is 2.88. The van der Waals surface area contributed by atoms with Gasteiger partial charge in [-0.1, -0.05) is 6.07 Å². The van der Waals surface area contributed by atoms with Crippen LogP contribution in [-0.4, -0.2) is 18.2 Å². The van der Waals surface area contributed by atoms with Crippen molar-refractivity contribution in [2.75, 3.05) is 18.8 Å². The summed E-state index contributed by atoms with van der Waals surface area (Å²) in [5, 5.41) is 13.2. The Bertz CT molecular complexity index is 350. The quantitative estimate of drug-likeness (QED) is 0.639. The van der Waals surface area contributed by atoms with E-state index in [9.17, 15) is 9.50 Å². The number of aliphatic hydroxyl groups is 1. The van der Waals surface area contributed by atoms with Crippen LogP contribution in [0.3, 0.4) is 0 Å². The first kappa shape index (κ1) is 10.4. The Morgan fingerprint density at radius 1 is 1.53 bits per heavy atom. The average molecular weight is 210 g/mol. The largest absolute Gasteiger partial charge is 0.398 e. The highest BCUT2D eigenvalue weighted by molar-refractivity contribution is 5.48. The second-order valence-electron chi connectivity index (χ2n) is 3.97. The van der Waals surface area contributed by atoms with E-state index < -0.39 is 6.10 Å². The predicted octanol–water partition coefficient (Wildman–Crippen LogP) is 1.05. The molecule has 2 rings (SSSR count). The summed E-state index contributed by atoms with van der Waals surface area (Å²) in [5.74, 6) is -0.189. The van der Waals surface area contributed by atoms with Crippen LogP contribution in [0.4, 0.5) is 10.1 Å². The van der Waals surface area contributed by atoms with Gasteiger partial charge in [0.15, 0.2) is 0 Å². The summed E-state index contributed by atoms with van der Waals surface area (Å²) in [7, 11) is 0. The van der Waals surface area contributed by atoms with Gasteiger partial charge in [0.05, 0.1) is 6.10 Å². The number of nitrogen functional groups attached to an aromatic ring is 1. The molecule has 1 aliphatic rings. The number of anilines is 1. The minimum Gasteiger partial charge on any atom is -0.398 e. The van der Waals surface area contributed by atoms with Crippen molar-refractivity contribution in [2.45, 2.75) is 12.5 Å². The van der Waals surface area contributed by atoms with Gasteiger partial charge in [0, 0.05) is 23.7 Å². The summed E-state index contributed by atoms with van der Waals surface area (Å²) in [6.07, 6.45) is 0.332. The molecule has 0 spiro atoms. The van der Waals surface area contributed by atoms with Gasteiger partial charge in [0.1, 0.15) is 5.82 Å². The first-order valence-corrected chi connectivity index (χ1v) is 5.12. The maximum atomic E-state index is 12.8. The van der Waals surface area contributed by atoms with Gasteiger partial charge in [-0.05, 0) is 25.1 Å². The number of hydrogen-bond donors (Lipinski definition) is 3. The van der Waals surface area contributed by atoms with E-state index in [0.29, 0.717) is 11.3 Å². The maximum absolute atomic E-state index is 12.8. The molecule has 1 aromatic carbocycles. The monoisotopic (exact) mass is 210 g/mol. The van der Waals surface area contributed by atoms with Gasteiger partial charge in [0.2, 0.25) is 0 Å². The number of halogens is 1. The molecule has 0 radical (unpaired) electrons. The number of nitrogens with two attached hydrogens (primary N) is 1. The Labute approximate surface area is 88.1 Å². The molecule has 1 saturated heterocycles. The summed E-state index contributed by atoms with van der Waals surface area (Å²) in [6.45, 7) is 1.71. The van der Waals surface area contributed by atoms with Crippen molar-refractivity contribution in [3.8, 4) is 0 Å². The Balaban J connectivity index is 2.20. The lowest BCUT2D eigenvalue weighted by atomic mass is 9.94. The zero-order valence-electron chi connectivity index (χ0n) is 8.41. The molecule has 0 saturated carbocycles. The lowest BCUT2D eigenvalue weighted by Gasteiger charge is -2.19. The molecule has 1 aliphatic heterocycles. The fraction of sp³-hybridized carbons (Fsp3) is 0.455. The smallest absolute Gasteiger partial charge is 0.125 e. The zero-order chi connectivity index (χ0) is 10.8. The third-order valence-electron chi connectivity index (χ3n) is 2.91. The Hall–Kier alpha value is -1.13. The standard InChI is InChI=1S/C11H15FN2O/c12-8-1-2-9(10(13)5-8)11(15)7-3-4-14-6-7/h1-2,5,7,11,14-15H,3-4,6,13H2. The number of rotatable bonds is 2. The number of nitrogens with one attached hydrogen (secondary N) is 1. The summed E-state index contributed by atoms with van der Waals surface area (Å²) in [5.41, 5.74) is 6.63. The highest BCUT2D eigenvalue weighted by Crippen LogP contribution is 2.30. The summed E-state index contributed by atoms with van der Waals surface area (Å²) in [6, 6.07) is 4.14. The first-order valence-electron chi connectivity index (χ1n) is 5.12. The molecular formula is C11H15FN2O. The van der Waals surface area contributed by atoms with Crippen molar-refractivity contribution in [1.29, 1.82) is 0 Å². The SMILES string of the molecule is Nc1cc(F)ccc1C(O)C1CCNC1. The van der Waals surface area contributed by atoms with Gasteiger partial charge in [-0.3, -0.25) is 0 Å². The zero-order valence-corrected chi connectivity index (χ0v) is 8.41. The van der Waals surface area contributed by atoms with Crippen molar-refractivity contribution >= 4 is 5.69 Å². The Morgan fingerprint density at radius 2 is 2.33 bits per heavy atom. The molecule has 0 aromatic heterocycles. The minimum atomic E-state index is -0.597. The second-order valence-corrected chi connectivity index (χ2v) is 3.97. The topological polar surface area (TPSA) is 58.3 Å². The molecule has 1 aromatic rings. The van der Waals surface area contributed by atoms with Crippen molar-refractivity contribution in [3.63, 3.8) is 0 Å². The molecular weight excluding hydrogens is 195 g/mol. The van der Waals surface area contributed by atoms with Crippen LogP contribution in [0, 0.1) is 11.7 Å². The summed E-state index contributed by atoms with van der Waals surface area (Å²) < 4.78 is 12.8. The first-order chi connectivity index (χ1) is 7.18. The van der Waals surface area contributed by atoms with E-state index in [1.54, 1.807) is 6.07 Å². The van der Waals surface area contributed by atoms with Crippen molar-refractivity contribution in [2.24, 2.45) is 5.92 Å². The van der Waals surface area contributed by atoms with Crippen LogP contribution in [0.25, 0.3) is 0 Å². The molecule has 2 atom stereocenters. The van der Waals surface area contributed by atoms with Gasteiger partial charge >= 0.3 is 0 Å². The molecule has 1 heterocycles. The van der Waals surface area contributed by atoms with Crippen LogP contribution in [0.1, 0.15) is 18.1 Å². The molecule has 1 fully saturated rings. The molecule has 4 heteroatoms. The number of hydrogen-bond acceptors (Lipinski definition) is 3. The molecule has 4 N–H and O–H groups in total. The normalized spacial score (nSPS) is 22.9.